The summed E-state index contributed by atoms with van der Waals surface area (Å²) in [5, 5.41) is 9.55. The first-order chi connectivity index (χ1) is 8.54. The fourth-order valence-corrected chi connectivity index (χ4v) is 2.47. The highest BCUT2D eigenvalue weighted by molar-refractivity contribution is 6.00. The summed E-state index contributed by atoms with van der Waals surface area (Å²) in [4.78, 5) is 24.1. The summed E-state index contributed by atoms with van der Waals surface area (Å²) < 4.78 is 5.49. The molecule has 4 nitrogen and oxygen atoms in total. The topological polar surface area (TPSA) is 63.6 Å². The van der Waals surface area contributed by atoms with Gasteiger partial charge in [-0.3, -0.25) is 9.59 Å². The van der Waals surface area contributed by atoms with Gasteiger partial charge in [-0.2, -0.15) is 0 Å². The van der Waals surface area contributed by atoms with E-state index in [0.29, 0.717) is 6.42 Å². The summed E-state index contributed by atoms with van der Waals surface area (Å²) in [5.41, 5.74) is -2.19. The summed E-state index contributed by atoms with van der Waals surface area (Å²) in [5.74, 6) is -1.54. The molecule has 4 heteroatoms. The minimum atomic E-state index is -1.49. The second kappa shape index (κ2) is 6.40. The van der Waals surface area contributed by atoms with Gasteiger partial charge < -0.3 is 9.84 Å². The van der Waals surface area contributed by atoms with E-state index in [0.717, 1.165) is 0 Å². The van der Waals surface area contributed by atoms with Crippen LogP contribution in [0.15, 0.2) is 0 Å². The SMILES string of the molecule is CCC(OC(=O)C(CC)(C(=O)O)C(C)(C)C)C(C)C. The van der Waals surface area contributed by atoms with Crippen LogP contribution in [0.2, 0.25) is 0 Å². The highest BCUT2D eigenvalue weighted by atomic mass is 16.5. The van der Waals surface area contributed by atoms with Crippen LogP contribution in [0.5, 0.6) is 0 Å². The number of hydrogen-bond donors (Lipinski definition) is 1. The molecule has 0 saturated carbocycles. The van der Waals surface area contributed by atoms with Gasteiger partial charge in [0.25, 0.3) is 0 Å². The molecule has 112 valence electrons. The Balaban J connectivity index is 5.42. The van der Waals surface area contributed by atoms with Gasteiger partial charge in [-0.1, -0.05) is 48.5 Å². The third kappa shape index (κ3) is 3.48. The molecule has 0 aliphatic heterocycles. The van der Waals surface area contributed by atoms with E-state index < -0.39 is 22.8 Å². The number of esters is 1. The van der Waals surface area contributed by atoms with Gasteiger partial charge in [0, 0.05) is 0 Å². The Morgan fingerprint density at radius 2 is 1.63 bits per heavy atom. The zero-order valence-electron chi connectivity index (χ0n) is 13.2. The van der Waals surface area contributed by atoms with E-state index in [1.807, 2.05) is 20.8 Å². The maximum atomic E-state index is 12.5. The number of hydrogen-bond acceptors (Lipinski definition) is 3. The van der Waals surface area contributed by atoms with Crippen molar-refractivity contribution < 1.29 is 19.4 Å². The van der Waals surface area contributed by atoms with Gasteiger partial charge in [-0.25, -0.2) is 0 Å². The zero-order chi connectivity index (χ0) is 15.4. The molecule has 0 rings (SSSR count). The maximum absolute atomic E-state index is 12.5. The van der Waals surface area contributed by atoms with Crippen molar-refractivity contribution in [3.8, 4) is 0 Å². The van der Waals surface area contributed by atoms with Crippen molar-refractivity contribution in [2.24, 2.45) is 16.7 Å². The van der Waals surface area contributed by atoms with Crippen LogP contribution in [0, 0.1) is 16.7 Å². The third-order valence-electron chi connectivity index (χ3n) is 3.93. The van der Waals surface area contributed by atoms with E-state index in [4.69, 9.17) is 4.74 Å². The first-order valence-corrected chi connectivity index (χ1v) is 6.99. The zero-order valence-corrected chi connectivity index (χ0v) is 13.2. The van der Waals surface area contributed by atoms with Gasteiger partial charge in [0.05, 0.1) is 0 Å². The van der Waals surface area contributed by atoms with Crippen molar-refractivity contribution in [2.45, 2.75) is 67.4 Å². The Kier molecular flexibility index (Phi) is 6.04. The maximum Gasteiger partial charge on any atom is 0.324 e. The number of carboxylic acid groups (broad SMARTS) is 1. The number of aliphatic carboxylic acids is 1. The van der Waals surface area contributed by atoms with Crippen LogP contribution in [0.25, 0.3) is 0 Å². The van der Waals surface area contributed by atoms with Gasteiger partial charge in [-0.15, -0.1) is 0 Å². The second-order valence-corrected chi connectivity index (χ2v) is 6.41. The molecular weight excluding hydrogens is 244 g/mol. The molecule has 0 aromatic carbocycles. The lowest BCUT2D eigenvalue weighted by molar-refractivity contribution is -0.183. The lowest BCUT2D eigenvalue weighted by Crippen LogP contribution is -2.51. The Morgan fingerprint density at radius 3 is 1.84 bits per heavy atom. The summed E-state index contributed by atoms with van der Waals surface area (Å²) in [6, 6.07) is 0. The van der Waals surface area contributed by atoms with Crippen LogP contribution in [0.4, 0.5) is 0 Å². The molecule has 0 aromatic rings. The van der Waals surface area contributed by atoms with Crippen molar-refractivity contribution in [3.63, 3.8) is 0 Å². The van der Waals surface area contributed by atoms with Gasteiger partial charge in [0.1, 0.15) is 6.10 Å². The monoisotopic (exact) mass is 272 g/mol. The van der Waals surface area contributed by atoms with Gasteiger partial charge in [-0.05, 0) is 24.2 Å². The minimum absolute atomic E-state index is 0.178. The number of carbonyl (C=O) groups excluding carboxylic acids is 1. The largest absolute Gasteiger partial charge is 0.480 e. The van der Waals surface area contributed by atoms with Crippen molar-refractivity contribution >= 4 is 11.9 Å². The lowest BCUT2D eigenvalue weighted by atomic mass is 9.65. The first kappa shape index (κ1) is 17.9. The van der Waals surface area contributed by atoms with E-state index in [1.165, 1.54) is 0 Å². The molecule has 0 heterocycles. The van der Waals surface area contributed by atoms with Crippen molar-refractivity contribution in [2.75, 3.05) is 0 Å². The Morgan fingerprint density at radius 1 is 1.16 bits per heavy atom. The highest BCUT2D eigenvalue weighted by Gasteiger charge is 2.55. The van der Waals surface area contributed by atoms with Crippen LogP contribution < -0.4 is 0 Å². The molecule has 0 spiro atoms. The average Bonchev–Trinajstić information content (AvgIpc) is 2.24. The highest BCUT2D eigenvalue weighted by Crippen LogP contribution is 2.43. The van der Waals surface area contributed by atoms with Gasteiger partial charge in [0.2, 0.25) is 0 Å². The quantitative estimate of drug-likeness (QED) is 0.594. The average molecular weight is 272 g/mol. The molecule has 0 saturated heterocycles. The molecule has 0 fully saturated rings. The van der Waals surface area contributed by atoms with E-state index in [9.17, 15) is 14.7 Å². The van der Waals surface area contributed by atoms with E-state index in [-0.39, 0.29) is 18.4 Å². The van der Waals surface area contributed by atoms with E-state index in [2.05, 4.69) is 0 Å². The Labute approximate surface area is 116 Å². The predicted molar refractivity (Wildman–Crippen MR) is 74.8 cm³/mol. The van der Waals surface area contributed by atoms with Gasteiger partial charge in [0.15, 0.2) is 5.41 Å². The molecule has 0 amide bonds. The molecule has 19 heavy (non-hydrogen) atoms. The number of ether oxygens (including phenoxy) is 1. The number of carboxylic acids is 1. The normalized spacial score (nSPS) is 16.8. The summed E-state index contributed by atoms with van der Waals surface area (Å²) >= 11 is 0. The second-order valence-electron chi connectivity index (χ2n) is 6.41. The van der Waals surface area contributed by atoms with Gasteiger partial charge >= 0.3 is 11.9 Å². The summed E-state index contributed by atoms with van der Waals surface area (Å²) in [6.07, 6.45) is 0.673. The van der Waals surface area contributed by atoms with E-state index in [1.54, 1.807) is 27.7 Å². The van der Waals surface area contributed by atoms with Crippen LogP contribution in [-0.2, 0) is 14.3 Å². The van der Waals surface area contributed by atoms with Crippen molar-refractivity contribution in [3.05, 3.63) is 0 Å². The minimum Gasteiger partial charge on any atom is -0.480 e. The predicted octanol–water partition coefficient (Wildman–Crippen LogP) is 3.49. The Bertz CT molecular complexity index is 328. The molecular formula is C15H28O4. The fraction of sp³-hybridized carbons (Fsp3) is 0.867. The first-order valence-electron chi connectivity index (χ1n) is 6.99. The Hall–Kier alpha value is -1.06. The fourth-order valence-electron chi connectivity index (χ4n) is 2.47. The van der Waals surface area contributed by atoms with Crippen LogP contribution in [0.3, 0.4) is 0 Å². The molecule has 0 aliphatic carbocycles. The molecule has 0 aromatic heterocycles. The lowest BCUT2D eigenvalue weighted by Gasteiger charge is -2.39. The smallest absolute Gasteiger partial charge is 0.324 e. The molecule has 2 unspecified atom stereocenters. The van der Waals surface area contributed by atoms with Crippen LogP contribution in [-0.4, -0.2) is 23.1 Å². The van der Waals surface area contributed by atoms with Crippen molar-refractivity contribution in [1.29, 1.82) is 0 Å². The molecule has 1 N–H and O–H groups in total. The van der Waals surface area contributed by atoms with Crippen LogP contribution in [0.1, 0.15) is 61.3 Å². The molecule has 2 atom stereocenters. The molecule has 0 aliphatic rings. The third-order valence-corrected chi connectivity index (χ3v) is 3.93. The molecule has 0 radical (unpaired) electrons. The number of rotatable bonds is 6. The summed E-state index contributed by atoms with van der Waals surface area (Å²) in [7, 11) is 0. The number of carbonyl (C=O) groups is 2. The summed E-state index contributed by atoms with van der Waals surface area (Å²) in [6.45, 7) is 12.9. The molecule has 0 bridgehead atoms. The van der Waals surface area contributed by atoms with Crippen LogP contribution >= 0.6 is 0 Å². The van der Waals surface area contributed by atoms with E-state index >= 15 is 0 Å². The van der Waals surface area contributed by atoms with Crippen molar-refractivity contribution in [1.82, 2.24) is 0 Å². The standard InChI is InChI=1S/C15H28O4/c1-8-11(10(3)4)19-13(18)15(9-2,12(16)17)14(5,6)7/h10-11H,8-9H2,1-7H3,(H,16,17).